The topological polar surface area (TPSA) is 49.3 Å². The Morgan fingerprint density at radius 1 is 0.893 bits per heavy atom. The average molecular weight is 373 g/mol. The van der Waals surface area contributed by atoms with Crippen LogP contribution in [0.15, 0.2) is 90.2 Å². The molecule has 0 aliphatic rings. The Labute approximate surface area is 167 Å². The Balaban J connectivity index is 1.57. The Morgan fingerprint density at radius 2 is 1.61 bits per heavy atom. The molecule has 0 aliphatic heterocycles. The van der Waals surface area contributed by atoms with Crippen LogP contribution in [0.25, 0.3) is 0 Å². The van der Waals surface area contributed by atoms with Gasteiger partial charge in [0.2, 0.25) is 0 Å². The van der Waals surface area contributed by atoms with Crippen molar-refractivity contribution in [3.8, 4) is 0 Å². The van der Waals surface area contributed by atoms with Crippen molar-refractivity contribution in [2.75, 3.05) is 20.1 Å². The van der Waals surface area contributed by atoms with Crippen molar-refractivity contribution < 1.29 is 0 Å². The Bertz CT molecular complexity index is 832. The summed E-state index contributed by atoms with van der Waals surface area (Å²) in [5, 5.41) is 6.90. The van der Waals surface area contributed by atoms with Crippen molar-refractivity contribution in [2.24, 2.45) is 4.99 Å². The Hall–Kier alpha value is -3.14. The largest absolute Gasteiger partial charge is 0.356 e. The van der Waals surface area contributed by atoms with E-state index >= 15 is 0 Å². The van der Waals surface area contributed by atoms with Gasteiger partial charge < -0.3 is 10.6 Å². The first-order valence-corrected chi connectivity index (χ1v) is 9.77. The quantitative estimate of drug-likeness (QED) is 0.467. The van der Waals surface area contributed by atoms with E-state index in [2.05, 4.69) is 87.3 Å². The lowest BCUT2D eigenvalue weighted by Crippen LogP contribution is -2.40. The minimum absolute atomic E-state index is 0.375. The molecular formula is C24H28N4. The average Bonchev–Trinajstić information content (AvgIpc) is 2.77. The molecule has 1 atom stereocenters. The molecule has 0 amide bonds. The maximum atomic E-state index is 4.37. The highest BCUT2D eigenvalue weighted by molar-refractivity contribution is 5.79. The lowest BCUT2D eigenvalue weighted by Gasteiger charge is -2.20. The van der Waals surface area contributed by atoms with Crippen LogP contribution in [0.1, 0.15) is 22.6 Å². The number of aliphatic imine (C=N–C) groups is 1. The van der Waals surface area contributed by atoms with Crippen LogP contribution < -0.4 is 10.6 Å². The van der Waals surface area contributed by atoms with Gasteiger partial charge in [0.05, 0.1) is 0 Å². The van der Waals surface area contributed by atoms with Gasteiger partial charge in [-0.05, 0) is 35.6 Å². The van der Waals surface area contributed by atoms with E-state index in [0.717, 1.165) is 31.9 Å². The summed E-state index contributed by atoms with van der Waals surface area (Å²) in [6.45, 7) is 1.64. The van der Waals surface area contributed by atoms with Gasteiger partial charge in [0, 0.05) is 38.4 Å². The van der Waals surface area contributed by atoms with E-state index in [0.29, 0.717) is 5.92 Å². The third-order valence-electron chi connectivity index (χ3n) is 4.76. The Morgan fingerprint density at radius 3 is 2.29 bits per heavy atom. The molecule has 28 heavy (non-hydrogen) atoms. The molecule has 0 bridgehead atoms. The summed E-state index contributed by atoms with van der Waals surface area (Å²) in [6.07, 6.45) is 5.61. The normalized spacial score (nSPS) is 12.4. The van der Waals surface area contributed by atoms with Gasteiger partial charge in [-0.25, -0.2) is 0 Å². The van der Waals surface area contributed by atoms with Crippen LogP contribution >= 0.6 is 0 Å². The van der Waals surface area contributed by atoms with Gasteiger partial charge in [0.1, 0.15) is 0 Å². The van der Waals surface area contributed by atoms with E-state index in [1.807, 2.05) is 19.3 Å². The van der Waals surface area contributed by atoms with Crippen molar-refractivity contribution in [2.45, 2.75) is 18.8 Å². The lowest BCUT2D eigenvalue weighted by molar-refractivity contribution is 0.644. The third kappa shape index (κ3) is 6.23. The van der Waals surface area contributed by atoms with E-state index in [-0.39, 0.29) is 0 Å². The molecule has 0 spiro atoms. The van der Waals surface area contributed by atoms with Crippen molar-refractivity contribution in [3.63, 3.8) is 0 Å². The molecule has 2 N–H and O–H groups in total. The predicted octanol–water partition coefficient (Wildman–Crippen LogP) is 3.82. The number of guanidine groups is 1. The minimum Gasteiger partial charge on any atom is -0.356 e. The molecular weight excluding hydrogens is 344 g/mol. The zero-order valence-electron chi connectivity index (χ0n) is 16.4. The Kier molecular flexibility index (Phi) is 7.62. The number of nitrogens with zero attached hydrogens (tertiary/aromatic N) is 2. The van der Waals surface area contributed by atoms with Gasteiger partial charge in [-0.3, -0.25) is 9.98 Å². The zero-order valence-corrected chi connectivity index (χ0v) is 16.4. The third-order valence-corrected chi connectivity index (χ3v) is 4.76. The first-order chi connectivity index (χ1) is 13.8. The molecule has 4 heteroatoms. The number of hydrogen-bond acceptors (Lipinski definition) is 2. The number of pyridine rings is 1. The number of hydrogen-bond donors (Lipinski definition) is 2. The van der Waals surface area contributed by atoms with Crippen molar-refractivity contribution in [1.29, 1.82) is 0 Å². The number of benzene rings is 2. The first-order valence-electron chi connectivity index (χ1n) is 9.77. The zero-order chi connectivity index (χ0) is 19.4. The van der Waals surface area contributed by atoms with E-state index in [9.17, 15) is 0 Å². The summed E-state index contributed by atoms with van der Waals surface area (Å²) in [4.78, 5) is 8.53. The molecule has 0 aliphatic carbocycles. The molecule has 0 saturated carbocycles. The SMILES string of the molecule is CN=C(NCCc1cccnc1)NCC(Cc1ccccc1)c1ccccc1. The van der Waals surface area contributed by atoms with Crippen molar-refractivity contribution in [3.05, 3.63) is 102 Å². The monoisotopic (exact) mass is 372 g/mol. The van der Waals surface area contributed by atoms with Crippen LogP contribution in [-0.2, 0) is 12.8 Å². The first kappa shape index (κ1) is 19.6. The maximum absolute atomic E-state index is 4.37. The van der Waals surface area contributed by atoms with Crippen LogP contribution in [0.3, 0.4) is 0 Å². The fourth-order valence-corrected chi connectivity index (χ4v) is 3.24. The predicted molar refractivity (Wildman–Crippen MR) is 117 cm³/mol. The minimum atomic E-state index is 0.375. The summed E-state index contributed by atoms with van der Waals surface area (Å²) in [6, 6.07) is 25.4. The summed E-state index contributed by atoms with van der Waals surface area (Å²) in [5.41, 5.74) is 3.90. The number of nitrogens with one attached hydrogen (secondary N) is 2. The second kappa shape index (κ2) is 10.9. The summed E-state index contributed by atoms with van der Waals surface area (Å²) < 4.78 is 0. The van der Waals surface area contributed by atoms with Crippen LogP contribution in [0.5, 0.6) is 0 Å². The highest BCUT2D eigenvalue weighted by Gasteiger charge is 2.13. The number of rotatable bonds is 8. The van der Waals surface area contributed by atoms with Gasteiger partial charge >= 0.3 is 0 Å². The highest BCUT2D eigenvalue weighted by Crippen LogP contribution is 2.20. The number of aromatic nitrogens is 1. The molecule has 1 aromatic heterocycles. The highest BCUT2D eigenvalue weighted by atomic mass is 15.2. The van der Waals surface area contributed by atoms with Crippen molar-refractivity contribution >= 4 is 5.96 Å². The fraction of sp³-hybridized carbons (Fsp3) is 0.250. The van der Waals surface area contributed by atoms with Crippen molar-refractivity contribution in [1.82, 2.24) is 15.6 Å². The van der Waals surface area contributed by atoms with Crippen LogP contribution in [0.2, 0.25) is 0 Å². The summed E-state index contributed by atoms with van der Waals surface area (Å²) >= 11 is 0. The molecule has 1 unspecified atom stereocenters. The summed E-state index contributed by atoms with van der Waals surface area (Å²) in [5.74, 6) is 1.21. The van der Waals surface area contributed by atoms with E-state index in [4.69, 9.17) is 0 Å². The second-order valence-electron chi connectivity index (χ2n) is 6.79. The molecule has 0 fully saturated rings. The molecule has 0 saturated heterocycles. The van der Waals surface area contributed by atoms with Crippen LogP contribution in [0.4, 0.5) is 0 Å². The van der Waals surface area contributed by atoms with E-state index in [1.165, 1.54) is 16.7 Å². The second-order valence-corrected chi connectivity index (χ2v) is 6.79. The van der Waals surface area contributed by atoms with Gasteiger partial charge in [0.25, 0.3) is 0 Å². The van der Waals surface area contributed by atoms with Gasteiger partial charge in [-0.2, -0.15) is 0 Å². The molecule has 4 nitrogen and oxygen atoms in total. The molecule has 144 valence electrons. The molecule has 3 rings (SSSR count). The van der Waals surface area contributed by atoms with E-state index in [1.54, 1.807) is 6.20 Å². The fourth-order valence-electron chi connectivity index (χ4n) is 3.24. The van der Waals surface area contributed by atoms with Gasteiger partial charge in [-0.15, -0.1) is 0 Å². The maximum Gasteiger partial charge on any atom is 0.191 e. The van der Waals surface area contributed by atoms with Gasteiger partial charge in [0.15, 0.2) is 5.96 Å². The smallest absolute Gasteiger partial charge is 0.191 e. The van der Waals surface area contributed by atoms with Crippen LogP contribution in [0, 0.1) is 0 Å². The molecule has 2 aromatic carbocycles. The molecule has 0 radical (unpaired) electrons. The lowest BCUT2D eigenvalue weighted by atomic mass is 9.92. The van der Waals surface area contributed by atoms with Crippen LogP contribution in [-0.4, -0.2) is 31.1 Å². The standard InChI is InChI=1S/C24H28N4/c1-25-24(27-16-14-21-11-8-15-26-18-21)28-19-23(22-12-6-3-7-13-22)17-20-9-4-2-5-10-20/h2-13,15,18,23H,14,16-17,19H2,1H3,(H2,25,27,28). The molecule has 3 aromatic rings. The van der Waals surface area contributed by atoms with E-state index < -0.39 is 0 Å². The molecule has 1 heterocycles. The van der Waals surface area contributed by atoms with Gasteiger partial charge in [-0.1, -0.05) is 66.7 Å². The summed E-state index contributed by atoms with van der Waals surface area (Å²) in [7, 11) is 1.81.